The first kappa shape index (κ1) is 20.1. The van der Waals surface area contributed by atoms with E-state index in [9.17, 15) is 0 Å². The van der Waals surface area contributed by atoms with E-state index in [1.807, 2.05) is 12.1 Å². The van der Waals surface area contributed by atoms with E-state index >= 15 is 0 Å². The van der Waals surface area contributed by atoms with Crippen molar-refractivity contribution in [1.29, 1.82) is 0 Å². The predicted molar refractivity (Wildman–Crippen MR) is 109 cm³/mol. The second kappa shape index (κ2) is 10.7. The SMILES string of the molecule is CCNC(=NCCC1CCCO1)NCCc1ccc2c(c1)OCO2.I. The van der Waals surface area contributed by atoms with Gasteiger partial charge in [0.05, 0.1) is 6.10 Å². The van der Waals surface area contributed by atoms with Crippen LogP contribution in [0.5, 0.6) is 11.5 Å². The fraction of sp³-hybridized carbons (Fsp3) is 0.611. The molecule has 0 amide bonds. The molecule has 0 aromatic heterocycles. The second-order valence-corrected chi connectivity index (χ2v) is 6.05. The molecule has 1 aromatic rings. The quantitative estimate of drug-likeness (QED) is 0.372. The van der Waals surface area contributed by atoms with Crippen LogP contribution in [0.4, 0.5) is 0 Å². The molecular weight excluding hydrogens is 433 g/mol. The summed E-state index contributed by atoms with van der Waals surface area (Å²) >= 11 is 0. The number of fused-ring (bicyclic) bond motifs is 1. The third kappa shape index (κ3) is 6.22. The van der Waals surface area contributed by atoms with Gasteiger partial charge in [0.2, 0.25) is 6.79 Å². The third-order valence-electron chi connectivity index (χ3n) is 4.23. The molecule has 0 spiro atoms. The van der Waals surface area contributed by atoms with Gasteiger partial charge in [-0.2, -0.15) is 0 Å². The molecule has 2 aliphatic rings. The first-order valence-electron chi connectivity index (χ1n) is 8.87. The molecule has 6 nitrogen and oxygen atoms in total. The standard InChI is InChI=1S/C18H27N3O3.HI/c1-2-19-18(21-10-8-15-4-3-11-22-15)20-9-7-14-5-6-16-17(12-14)24-13-23-16;/h5-6,12,15H,2-4,7-11,13H2,1H3,(H2,19,20,21);1H. The minimum Gasteiger partial charge on any atom is -0.454 e. The molecule has 2 heterocycles. The van der Waals surface area contributed by atoms with Crippen LogP contribution in [-0.4, -0.2) is 45.1 Å². The van der Waals surface area contributed by atoms with Gasteiger partial charge in [0, 0.05) is 26.2 Å². The number of halogens is 1. The zero-order valence-corrected chi connectivity index (χ0v) is 17.1. The number of nitrogens with one attached hydrogen (secondary N) is 2. The number of nitrogens with zero attached hydrogens (tertiary/aromatic N) is 1. The van der Waals surface area contributed by atoms with E-state index in [4.69, 9.17) is 14.2 Å². The molecule has 1 fully saturated rings. The van der Waals surface area contributed by atoms with Gasteiger partial charge >= 0.3 is 0 Å². The maximum Gasteiger partial charge on any atom is 0.231 e. The lowest BCUT2D eigenvalue weighted by atomic mass is 10.1. The fourth-order valence-corrected chi connectivity index (χ4v) is 2.96. The normalized spacial score (nSPS) is 18.8. The molecular formula is C18H28IN3O3. The Morgan fingerprint density at radius 3 is 2.92 bits per heavy atom. The van der Waals surface area contributed by atoms with E-state index in [-0.39, 0.29) is 24.0 Å². The summed E-state index contributed by atoms with van der Waals surface area (Å²) in [7, 11) is 0. The molecule has 0 saturated carbocycles. The van der Waals surface area contributed by atoms with Crippen molar-refractivity contribution in [1.82, 2.24) is 10.6 Å². The average Bonchev–Trinajstić information content (AvgIpc) is 3.25. The smallest absolute Gasteiger partial charge is 0.231 e. The Morgan fingerprint density at radius 2 is 2.12 bits per heavy atom. The van der Waals surface area contributed by atoms with Crippen molar-refractivity contribution >= 4 is 29.9 Å². The first-order valence-corrected chi connectivity index (χ1v) is 8.87. The number of aliphatic imine (C=N–C) groups is 1. The molecule has 1 atom stereocenters. The third-order valence-corrected chi connectivity index (χ3v) is 4.23. The number of hydrogen-bond acceptors (Lipinski definition) is 4. The molecule has 0 radical (unpaired) electrons. The largest absolute Gasteiger partial charge is 0.454 e. The van der Waals surface area contributed by atoms with Crippen LogP contribution in [0.3, 0.4) is 0 Å². The highest BCUT2D eigenvalue weighted by molar-refractivity contribution is 14.0. The summed E-state index contributed by atoms with van der Waals surface area (Å²) in [6.07, 6.45) is 4.66. The average molecular weight is 461 g/mol. The van der Waals surface area contributed by atoms with Gasteiger partial charge in [-0.15, -0.1) is 24.0 Å². The molecule has 2 aliphatic heterocycles. The highest BCUT2D eigenvalue weighted by atomic mass is 127. The molecule has 0 aliphatic carbocycles. The minimum absolute atomic E-state index is 0. The van der Waals surface area contributed by atoms with Gasteiger partial charge in [0.1, 0.15) is 0 Å². The van der Waals surface area contributed by atoms with E-state index in [0.29, 0.717) is 12.9 Å². The highest BCUT2D eigenvalue weighted by Crippen LogP contribution is 2.32. The molecule has 7 heteroatoms. The van der Waals surface area contributed by atoms with Gasteiger partial charge in [0.15, 0.2) is 17.5 Å². The summed E-state index contributed by atoms with van der Waals surface area (Å²) < 4.78 is 16.4. The van der Waals surface area contributed by atoms with Crippen molar-refractivity contribution in [3.05, 3.63) is 23.8 Å². The second-order valence-electron chi connectivity index (χ2n) is 6.05. The summed E-state index contributed by atoms with van der Waals surface area (Å²) in [6.45, 7) is 5.78. The topological polar surface area (TPSA) is 64.1 Å². The van der Waals surface area contributed by atoms with Crippen molar-refractivity contribution < 1.29 is 14.2 Å². The molecule has 0 bridgehead atoms. The lowest BCUT2D eigenvalue weighted by Gasteiger charge is -2.12. The first-order chi connectivity index (χ1) is 11.8. The fourth-order valence-electron chi connectivity index (χ4n) is 2.96. The Bertz CT molecular complexity index is 562. The maximum absolute atomic E-state index is 5.64. The number of hydrogen-bond donors (Lipinski definition) is 2. The van der Waals surface area contributed by atoms with E-state index in [2.05, 4.69) is 28.6 Å². The van der Waals surface area contributed by atoms with E-state index in [1.54, 1.807) is 0 Å². The van der Waals surface area contributed by atoms with Gasteiger partial charge in [-0.1, -0.05) is 6.07 Å². The summed E-state index contributed by atoms with van der Waals surface area (Å²) in [5.74, 6) is 2.54. The lowest BCUT2D eigenvalue weighted by Crippen LogP contribution is -2.38. The van der Waals surface area contributed by atoms with E-state index in [0.717, 1.165) is 56.5 Å². The van der Waals surface area contributed by atoms with E-state index < -0.39 is 0 Å². The van der Waals surface area contributed by atoms with Gasteiger partial charge in [-0.05, 0) is 50.3 Å². The van der Waals surface area contributed by atoms with Crippen LogP contribution in [0.1, 0.15) is 31.7 Å². The zero-order chi connectivity index (χ0) is 16.6. The Morgan fingerprint density at radius 1 is 1.24 bits per heavy atom. The highest BCUT2D eigenvalue weighted by Gasteiger charge is 2.15. The number of ether oxygens (including phenoxy) is 3. The number of guanidine groups is 1. The van der Waals surface area contributed by atoms with Crippen LogP contribution < -0.4 is 20.1 Å². The van der Waals surface area contributed by atoms with Crippen molar-refractivity contribution in [3.63, 3.8) is 0 Å². The van der Waals surface area contributed by atoms with Crippen LogP contribution in [0, 0.1) is 0 Å². The lowest BCUT2D eigenvalue weighted by molar-refractivity contribution is 0.106. The van der Waals surface area contributed by atoms with Crippen molar-refractivity contribution in [2.75, 3.05) is 33.0 Å². The number of benzene rings is 1. The molecule has 3 rings (SSSR count). The van der Waals surface area contributed by atoms with Crippen LogP contribution in [0.25, 0.3) is 0 Å². The maximum atomic E-state index is 5.64. The molecule has 1 saturated heterocycles. The minimum atomic E-state index is 0. The summed E-state index contributed by atoms with van der Waals surface area (Å²) in [4.78, 5) is 4.64. The molecule has 1 aromatic carbocycles. The predicted octanol–water partition coefficient (Wildman–Crippen LogP) is 2.70. The Labute approximate surface area is 166 Å². The molecule has 140 valence electrons. The summed E-state index contributed by atoms with van der Waals surface area (Å²) in [5, 5.41) is 6.68. The van der Waals surface area contributed by atoms with Gasteiger partial charge in [0.25, 0.3) is 0 Å². The van der Waals surface area contributed by atoms with Crippen LogP contribution in [0.2, 0.25) is 0 Å². The van der Waals surface area contributed by atoms with Gasteiger partial charge in [-0.3, -0.25) is 4.99 Å². The number of rotatable bonds is 7. The molecule has 1 unspecified atom stereocenters. The monoisotopic (exact) mass is 461 g/mol. The Hall–Kier alpha value is -1.22. The molecule has 2 N–H and O–H groups in total. The van der Waals surface area contributed by atoms with Crippen molar-refractivity contribution in [3.8, 4) is 11.5 Å². The van der Waals surface area contributed by atoms with Gasteiger partial charge in [-0.25, -0.2) is 0 Å². The van der Waals surface area contributed by atoms with Crippen molar-refractivity contribution in [2.24, 2.45) is 4.99 Å². The Kier molecular flexibility index (Phi) is 8.60. The van der Waals surface area contributed by atoms with Crippen molar-refractivity contribution in [2.45, 2.75) is 38.7 Å². The summed E-state index contributed by atoms with van der Waals surface area (Å²) in [6, 6.07) is 6.10. The van der Waals surface area contributed by atoms with Crippen LogP contribution in [-0.2, 0) is 11.2 Å². The summed E-state index contributed by atoms with van der Waals surface area (Å²) in [5.41, 5.74) is 1.22. The molecule has 25 heavy (non-hydrogen) atoms. The van der Waals surface area contributed by atoms with Crippen LogP contribution in [0.15, 0.2) is 23.2 Å². The van der Waals surface area contributed by atoms with E-state index in [1.165, 1.54) is 18.4 Å². The zero-order valence-electron chi connectivity index (χ0n) is 14.8. The van der Waals surface area contributed by atoms with Gasteiger partial charge < -0.3 is 24.8 Å². The van der Waals surface area contributed by atoms with Crippen LogP contribution >= 0.6 is 24.0 Å². The Balaban J connectivity index is 0.00000225.